The number of benzene rings is 2. The third kappa shape index (κ3) is 4.88. The Morgan fingerprint density at radius 1 is 0.926 bits per heavy atom. The Bertz CT molecular complexity index is 781. The SMILES string of the molecule is CC(C)CC(=O)Nc1ccccc1C(=O)N1CCN(c2ccccc2)CC1. The summed E-state index contributed by atoms with van der Waals surface area (Å²) in [4.78, 5) is 29.3. The maximum absolute atomic E-state index is 13.0. The molecule has 0 unspecified atom stereocenters. The molecule has 0 aliphatic carbocycles. The maximum atomic E-state index is 13.0. The van der Waals surface area contributed by atoms with Gasteiger partial charge in [-0.05, 0) is 30.2 Å². The van der Waals surface area contributed by atoms with E-state index in [4.69, 9.17) is 0 Å². The first kappa shape index (κ1) is 19.0. The van der Waals surface area contributed by atoms with Crippen LogP contribution in [0.1, 0.15) is 30.6 Å². The Kier molecular flexibility index (Phi) is 6.12. The zero-order chi connectivity index (χ0) is 19.2. The van der Waals surface area contributed by atoms with Crippen LogP contribution in [0.3, 0.4) is 0 Å². The molecule has 2 aromatic carbocycles. The van der Waals surface area contributed by atoms with Crippen molar-refractivity contribution < 1.29 is 9.59 Å². The largest absolute Gasteiger partial charge is 0.368 e. The number of nitrogens with one attached hydrogen (secondary N) is 1. The molecule has 1 aliphatic rings. The van der Waals surface area contributed by atoms with Crippen molar-refractivity contribution >= 4 is 23.2 Å². The zero-order valence-corrected chi connectivity index (χ0v) is 16.0. The first-order valence-corrected chi connectivity index (χ1v) is 9.52. The van der Waals surface area contributed by atoms with Gasteiger partial charge in [0.25, 0.3) is 5.91 Å². The van der Waals surface area contributed by atoms with E-state index in [0.29, 0.717) is 30.8 Å². The smallest absolute Gasteiger partial charge is 0.256 e. The van der Waals surface area contributed by atoms with Crippen LogP contribution < -0.4 is 10.2 Å². The summed E-state index contributed by atoms with van der Waals surface area (Å²) >= 11 is 0. The molecule has 0 radical (unpaired) electrons. The number of carbonyl (C=O) groups excluding carboxylic acids is 2. The predicted molar refractivity (Wildman–Crippen MR) is 109 cm³/mol. The number of piperazine rings is 1. The molecule has 0 aromatic heterocycles. The van der Waals surface area contributed by atoms with Crippen LogP contribution in [0.15, 0.2) is 54.6 Å². The van der Waals surface area contributed by atoms with E-state index >= 15 is 0 Å². The van der Waals surface area contributed by atoms with Gasteiger partial charge in [-0.15, -0.1) is 0 Å². The van der Waals surface area contributed by atoms with Gasteiger partial charge < -0.3 is 15.1 Å². The number of rotatable bonds is 5. The topological polar surface area (TPSA) is 52.7 Å². The molecule has 3 rings (SSSR count). The molecule has 1 N–H and O–H groups in total. The average Bonchev–Trinajstić information content (AvgIpc) is 2.68. The number of hydrogen-bond acceptors (Lipinski definition) is 3. The van der Waals surface area contributed by atoms with E-state index < -0.39 is 0 Å². The molecule has 2 amide bonds. The summed E-state index contributed by atoms with van der Waals surface area (Å²) < 4.78 is 0. The highest BCUT2D eigenvalue weighted by atomic mass is 16.2. The van der Waals surface area contributed by atoms with Gasteiger partial charge in [0.05, 0.1) is 11.3 Å². The van der Waals surface area contributed by atoms with Gasteiger partial charge in [-0.2, -0.15) is 0 Å². The number of carbonyl (C=O) groups is 2. The minimum Gasteiger partial charge on any atom is -0.368 e. The third-order valence-electron chi connectivity index (χ3n) is 4.71. The normalized spacial score (nSPS) is 14.3. The van der Waals surface area contributed by atoms with Gasteiger partial charge in [0.2, 0.25) is 5.91 Å². The van der Waals surface area contributed by atoms with Crippen molar-refractivity contribution in [1.82, 2.24) is 4.90 Å². The lowest BCUT2D eigenvalue weighted by atomic mass is 10.1. The first-order valence-electron chi connectivity index (χ1n) is 9.52. The van der Waals surface area contributed by atoms with Gasteiger partial charge in [0.15, 0.2) is 0 Å². The van der Waals surface area contributed by atoms with Crippen LogP contribution in [0.4, 0.5) is 11.4 Å². The van der Waals surface area contributed by atoms with E-state index in [1.165, 1.54) is 5.69 Å². The standard InChI is InChI=1S/C22H27N3O2/c1-17(2)16-21(26)23-20-11-7-6-10-19(20)22(27)25-14-12-24(13-15-25)18-8-4-3-5-9-18/h3-11,17H,12-16H2,1-2H3,(H,23,26). The van der Waals surface area contributed by atoms with Crippen molar-refractivity contribution in [3.8, 4) is 0 Å². The van der Waals surface area contributed by atoms with Crippen LogP contribution in [-0.2, 0) is 4.79 Å². The molecule has 1 saturated heterocycles. The van der Waals surface area contributed by atoms with Crippen molar-refractivity contribution in [2.24, 2.45) is 5.92 Å². The van der Waals surface area contributed by atoms with Gasteiger partial charge in [0, 0.05) is 38.3 Å². The van der Waals surface area contributed by atoms with Gasteiger partial charge in [0.1, 0.15) is 0 Å². The van der Waals surface area contributed by atoms with Crippen molar-refractivity contribution in [2.45, 2.75) is 20.3 Å². The third-order valence-corrected chi connectivity index (χ3v) is 4.71. The molecule has 5 heteroatoms. The summed E-state index contributed by atoms with van der Waals surface area (Å²) in [6.45, 7) is 6.95. The molecule has 5 nitrogen and oxygen atoms in total. The molecule has 0 saturated carbocycles. The quantitative estimate of drug-likeness (QED) is 0.880. The van der Waals surface area contributed by atoms with Crippen LogP contribution in [0, 0.1) is 5.92 Å². The fourth-order valence-corrected chi connectivity index (χ4v) is 3.33. The minimum absolute atomic E-state index is 0.0249. The molecule has 27 heavy (non-hydrogen) atoms. The van der Waals surface area contributed by atoms with Crippen LogP contribution in [0.25, 0.3) is 0 Å². The molecule has 0 bridgehead atoms. The molecule has 0 atom stereocenters. The molecular weight excluding hydrogens is 338 g/mol. The highest BCUT2D eigenvalue weighted by Crippen LogP contribution is 2.21. The van der Waals surface area contributed by atoms with E-state index in [-0.39, 0.29) is 17.7 Å². The van der Waals surface area contributed by atoms with Crippen LogP contribution in [-0.4, -0.2) is 42.9 Å². The van der Waals surface area contributed by atoms with Crippen molar-refractivity contribution in [3.63, 3.8) is 0 Å². The maximum Gasteiger partial charge on any atom is 0.256 e. The summed E-state index contributed by atoms with van der Waals surface area (Å²) in [5.74, 6) is 0.196. The van der Waals surface area contributed by atoms with E-state index in [2.05, 4.69) is 22.3 Å². The van der Waals surface area contributed by atoms with Crippen LogP contribution in [0.5, 0.6) is 0 Å². The zero-order valence-electron chi connectivity index (χ0n) is 16.0. The number of hydrogen-bond donors (Lipinski definition) is 1. The summed E-state index contributed by atoms with van der Waals surface area (Å²) in [6.07, 6.45) is 0.443. The minimum atomic E-state index is -0.0563. The number of amides is 2. The molecule has 0 spiro atoms. The fraction of sp³-hybridized carbons (Fsp3) is 0.364. The van der Waals surface area contributed by atoms with E-state index in [0.717, 1.165) is 13.1 Å². The van der Waals surface area contributed by atoms with E-state index in [1.54, 1.807) is 12.1 Å². The van der Waals surface area contributed by atoms with Gasteiger partial charge in [-0.3, -0.25) is 9.59 Å². The Morgan fingerprint density at radius 2 is 1.56 bits per heavy atom. The van der Waals surface area contributed by atoms with Gasteiger partial charge >= 0.3 is 0 Å². The Hall–Kier alpha value is -2.82. The molecule has 2 aromatic rings. The highest BCUT2D eigenvalue weighted by molar-refractivity contribution is 6.03. The van der Waals surface area contributed by atoms with Crippen LogP contribution in [0.2, 0.25) is 0 Å². The predicted octanol–water partition coefficient (Wildman–Crippen LogP) is 3.63. The Morgan fingerprint density at radius 3 is 2.22 bits per heavy atom. The summed E-state index contributed by atoms with van der Waals surface area (Å²) in [7, 11) is 0. The monoisotopic (exact) mass is 365 g/mol. The van der Waals surface area contributed by atoms with Gasteiger partial charge in [-0.25, -0.2) is 0 Å². The second-order valence-corrected chi connectivity index (χ2v) is 7.31. The van der Waals surface area contributed by atoms with Gasteiger partial charge in [-0.1, -0.05) is 44.2 Å². The Labute approximate surface area is 161 Å². The Balaban J connectivity index is 1.66. The fourth-order valence-electron chi connectivity index (χ4n) is 3.33. The second kappa shape index (κ2) is 8.71. The summed E-state index contributed by atoms with van der Waals surface area (Å²) in [5.41, 5.74) is 2.34. The number of para-hydroxylation sites is 2. The first-order chi connectivity index (χ1) is 13.0. The lowest BCUT2D eigenvalue weighted by molar-refractivity contribution is -0.116. The van der Waals surface area contributed by atoms with Crippen LogP contribution >= 0.6 is 0 Å². The molecule has 1 aliphatic heterocycles. The lowest BCUT2D eigenvalue weighted by Gasteiger charge is -2.36. The number of nitrogens with zero attached hydrogens (tertiary/aromatic N) is 2. The summed E-state index contributed by atoms with van der Waals surface area (Å²) in [5, 5.41) is 2.90. The molecule has 1 heterocycles. The molecule has 1 fully saturated rings. The van der Waals surface area contributed by atoms with E-state index in [1.807, 2.05) is 49.1 Å². The van der Waals surface area contributed by atoms with Crippen molar-refractivity contribution in [1.29, 1.82) is 0 Å². The highest BCUT2D eigenvalue weighted by Gasteiger charge is 2.24. The lowest BCUT2D eigenvalue weighted by Crippen LogP contribution is -2.48. The van der Waals surface area contributed by atoms with Crippen molar-refractivity contribution in [2.75, 3.05) is 36.4 Å². The van der Waals surface area contributed by atoms with E-state index in [9.17, 15) is 9.59 Å². The molecule has 142 valence electrons. The summed E-state index contributed by atoms with van der Waals surface area (Å²) in [6, 6.07) is 17.5. The average molecular weight is 365 g/mol. The molecular formula is C22H27N3O2. The second-order valence-electron chi connectivity index (χ2n) is 7.31. The number of anilines is 2. The van der Waals surface area contributed by atoms with Crippen molar-refractivity contribution in [3.05, 3.63) is 60.2 Å².